The van der Waals surface area contributed by atoms with E-state index in [4.69, 9.17) is 0 Å². The van der Waals surface area contributed by atoms with E-state index in [-0.39, 0.29) is 0 Å². The molecule has 0 aliphatic rings. The quantitative estimate of drug-likeness (QED) is 0.579. The number of rotatable bonds is 6. The lowest BCUT2D eigenvalue weighted by Crippen LogP contribution is -2.00. The number of hydrogen-bond donors (Lipinski definition) is 0. The van der Waals surface area contributed by atoms with Crippen LogP contribution < -0.4 is 0 Å². The van der Waals surface area contributed by atoms with E-state index < -0.39 is 0 Å². The number of benzene rings is 1. The predicted molar refractivity (Wildman–Crippen MR) is 73.3 cm³/mol. The van der Waals surface area contributed by atoms with Gasteiger partial charge in [0, 0.05) is 0 Å². The smallest absolute Gasteiger partial charge is 0.0230 e. The molecule has 1 aromatic carbocycles. The van der Waals surface area contributed by atoms with Gasteiger partial charge in [-0.05, 0) is 36.8 Å². The van der Waals surface area contributed by atoms with E-state index in [2.05, 4.69) is 51.3 Å². The Bertz CT molecular complexity index is 346. The van der Waals surface area contributed by atoms with Crippen molar-refractivity contribution in [3.8, 4) is 0 Å². The van der Waals surface area contributed by atoms with E-state index >= 15 is 0 Å². The van der Waals surface area contributed by atoms with Crippen LogP contribution in [-0.4, -0.2) is 0 Å². The van der Waals surface area contributed by atoms with Crippen molar-refractivity contribution in [2.24, 2.45) is 5.92 Å². The predicted octanol–water partition coefficient (Wildman–Crippen LogP) is 5.08. The van der Waals surface area contributed by atoms with Gasteiger partial charge in [0.25, 0.3) is 0 Å². The first-order valence-corrected chi connectivity index (χ1v) is 6.01. The Kier molecular flexibility index (Phi) is 5.04. The van der Waals surface area contributed by atoms with Crippen LogP contribution in [0.15, 0.2) is 49.1 Å². The first-order chi connectivity index (χ1) is 7.63. The lowest BCUT2D eigenvalue weighted by atomic mass is 9.89. The molecular formula is C16H22. The highest BCUT2D eigenvalue weighted by Crippen LogP contribution is 2.26. The Morgan fingerprint density at radius 3 is 2.25 bits per heavy atom. The van der Waals surface area contributed by atoms with Crippen molar-refractivity contribution in [1.29, 1.82) is 0 Å². The van der Waals surface area contributed by atoms with Gasteiger partial charge in [0.2, 0.25) is 0 Å². The zero-order valence-electron chi connectivity index (χ0n) is 10.5. The fourth-order valence-electron chi connectivity index (χ4n) is 1.99. The maximum atomic E-state index is 4.19. The normalized spacial score (nSPS) is 12.1. The van der Waals surface area contributed by atoms with Crippen LogP contribution in [0.5, 0.6) is 0 Å². The van der Waals surface area contributed by atoms with Gasteiger partial charge in [0.15, 0.2) is 0 Å². The van der Waals surface area contributed by atoms with Crippen LogP contribution in [-0.2, 0) is 0 Å². The molecule has 1 unspecified atom stereocenters. The highest BCUT2D eigenvalue weighted by Gasteiger charge is 2.09. The van der Waals surface area contributed by atoms with E-state index in [1.807, 2.05) is 6.07 Å². The monoisotopic (exact) mass is 214 g/mol. The van der Waals surface area contributed by atoms with Gasteiger partial charge in [-0.2, -0.15) is 0 Å². The summed E-state index contributed by atoms with van der Waals surface area (Å²) in [7, 11) is 0. The minimum Gasteiger partial charge on any atom is -0.100 e. The SMILES string of the molecule is C=C(C)CC(CC)CC(=C)c1ccccc1. The van der Waals surface area contributed by atoms with Crippen molar-refractivity contribution >= 4 is 5.57 Å². The molecule has 0 aliphatic heterocycles. The van der Waals surface area contributed by atoms with Crippen molar-refractivity contribution in [2.75, 3.05) is 0 Å². The van der Waals surface area contributed by atoms with Gasteiger partial charge in [-0.25, -0.2) is 0 Å². The minimum absolute atomic E-state index is 0.685. The van der Waals surface area contributed by atoms with Crippen molar-refractivity contribution < 1.29 is 0 Å². The molecule has 0 heterocycles. The summed E-state index contributed by atoms with van der Waals surface area (Å²) in [5.41, 5.74) is 3.78. The number of hydrogen-bond acceptors (Lipinski definition) is 0. The summed E-state index contributed by atoms with van der Waals surface area (Å²) in [6.07, 6.45) is 3.38. The van der Waals surface area contributed by atoms with Gasteiger partial charge in [-0.1, -0.05) is 55.8 Å². The van der Waals surface area contributed by atoms with Gasteiger partial charge < -0.3 is 0 Å². The molecule has 86 valence electrons. The molecule has 1 atom stereocenters. The average Bonchev–Trinajstić information content (AvgIpc) is 2.28. The van der Waals surface area contributed by atoms with E-state index in [1.165, 1.54) is 23.1 Å². The third kappa shape index (κ3) is 4.06. The summed E-state index contributed by atoms with van der Waals surface area (Å²) in [6, 6.07) is 10.5. The molecule has 0 radical (unpaired) electrons. The minimum atomic E-state index is 0.685. The molecule has 0 aliphatic carbocycles. The summed E-state index contributed by atoms with van der Waals surface area (Å²) < 4.78 is 0. The number of allylic oxidation sites excluding steroid dienone is 2. The lowest BCUT2D eigenvalue weighted by Gasteiger charge is -2.16. The maximum Gasteiger partial charge on any atom is -0.0230 e. The first-order valence-electron chi connectivity index (χ1n) is 6.01. The van der Waals surface area contributed by atoms with Crippen LogP contribution in [0.4, 0.5) is 0 Å². The van der Waals surface area contributed by atoms with Crippen LogP contribution in [0.25, 0.3) is 5.57 Å². The highest BCUT2D eigenvalue weighted by atomic mass is 14.1. The second-order valence-corrected chi connectivity index (χ2v) is 4.61. The largest absolute Gasteiger partial charge is 0.100 e. The molecule has 0 aromatic heterocycles. The molecule has 0 saturated heterocycles. The Labute approximate surface area is 99.7 Å². The van der Waals surface area contributed by atoms with E-state index in [9.17, 15) is 0 Å². The van der Waals surface area contributed by atoms with Gasteiger partial charge in [0.05, 0.1) is 0 Å². The van der Waals surface area contributed by atoms with Crippen LogP contribution >= 0.6 is 0 Å². The van der Waals surface area contributed by atoms with Crippen molar-refractivity contribution in [3.05, 3.63) is 54.6 Å². The maximum absolute atomic E-state index is 4.19. The van der Waals surface area contributed by atoms with Crippen molar-refractivity contribution in [3.63, 3.8) is 0 Å². The summed E-state index contributed by atoms with van der Waals surface area (Å²) in [6.45, 7) is 12.5. The molecular weight excluding hydrogens is 192 g/mol. The van der Waals surface area contributed by atoms with Crippen LogP contribution in [0.1, 0.15) is 38.7 Å². The van der Waals surface area contributed by atoms with Crippen LogP contribution in [0.3, 0.4) is 0 Å². The zero-order chi connectivity index (χ0) is 12.0. The second kappa shape index (κ2) is 6.32. The first kappa shape index (κ1) is 12.8. The Balaban J connectivity index is 2.59. The highest BCUT2D eigenvalue weighted by molar-refractivity contribution is 5.63. The molecule has 0 heteroatoms. The second-order valence-electron chi connectivity index (χ2n) is 4.61. The van der Waals surface area contributed by atoms with Crippen LogP contribution in [0, 0.1) is 5.92 Å². The molecule has 0 fully saturated rings. The van der Waals surface area contributed by atoms with E-state index in [0.717, 1.165) is 12.8 Å². The third-order valence-corrected chi connectivity index (χ3v) is 2.93. The lowest BCUT2D eigenvalue weighted by molar-refractivity contribution is 0.519. The summed E-state index contributed by atoms with van der Waals surface area (Å²) in [5.74, 6) is 0.685. The fourth-order valence-corrected chi connectivity index (χ4v) is 1.99. The molecule has 1 aromatic rings. The Hall–Kier alpha value is -1.30. The van der Waals surface area contributed by atoms with E-state index in [1.54, 1.807) is 0 Å². The fraction of sp³-hybridized carbons (Fsp3) is 0.375. The molecule has 0 bridgehead atoms. The molecule has 0 amide bonds. The van der Waals surface area contributed by atoms with Crippen molar-refractivity contribution in [1.82, 2.24) is 0 Å². The topological polar surface area (TPSA) is 0 Å². The summed E-state index contributed by atoms with van der Waals surface area (Å²) in [4.78, 5) is 0. The molecule has 16 heavy (non-hydrogen) atoms. The standard InChI is InChI=1S/C16H22/c1-5-15(11-13(2)3)12-14(4)16-9-7-6-8-10-16/h6-10,15H,2,4-5,11-12H2,1,3H3. The summed E-state index contributed by atoms with van der Waals surface area (Å²) in [5, 5.41) is 0. The molecule has 0 nitrogen and oxygen atoms in total. The molecule has 0 N–H and O–H groups in total. The Morgan fingerprint density at radius 1 is 1.12 bits per heavy atom. The van der Waals surface area contributed by atoms with Gasteiger partial charge in [0.1, 0.15) is 0 Å². The molecule has 0 saturated carbocycles. The molecule has 1 rings (SSSR count). The zero-order valence-corrected chi connectivity index (χ0v) is 10.5. The molecule has 0 spiro atoms. The average molecular weight is 214 g/mol. The van der Waals surface area contributed by atoms with Crippen molar-refractivity contribution in [2.45, 2.75) is 33.1 Å². The van der Waals surface area contributed by atoms with Gasteiger partial charge in [-0.3, -0.25) is 0 Å². The van der Waals surface area contributed by atoms with Crippen LogP contribution in [0.2, 0.25) is 0 Å². The van der Waals surface area contributed by atoms with Gasteiger partial charge in [-0.15, -0.1) is 6.58 Å². The summed E-state index contributed by atoms with van der Waals surface area (Å²) >= 11 is 0. The Morgan fingerprint density at radius 2 is 1.75 bits per heavy atom. The third-order valence-electron chi connectivity index (χ3n) is 2.93. The van der Waals surface area contributed by atoms with Gasteiger partial charge >= 0.3 is 0 Å². The van der Waals surface area contributed by atoms with E-state index in [0.29, 0.717) is 5.92 Å².